The first-order valence-electron chi connectivity index (χ1n) is 12.5. The molecule has 2 heterocycles. The lowest BCUT2D eigenvalue weighted by atomic mass is 9.97. The lowest BCUT2D eigenvalue weighted by molar-refractivity contribution is -0.604. The van der Waals surface area contributed by atoms with Crippen LogP contribution in [0.3, 0.4) is 0 Å². The predicted molar refractivity (Wildman–Crippen MR) is 134 cm³/mol. The number of anilines is 2. The van der Waals surface area contributed by atoms with Crippen LogP contribution < -0.4 is 14.1 Å². The van der Waals surface area contributed by atoms with Crippen molar-refractivity contribution in [2.24, 2.45) is 13.0 Å². The Balaban J connectivity index is 1.41. The molecule has 1 fully saturated rings. The van der Waals surface area contributed by atoms with Gasteiger partial charge >= 0.3 is 16.2 Å². The molecule has 2 amide bonds. The highest BCUT2D eigenvalue weighted by Gasteiger charge is 2.37. The Morgan fingerprint density at radius 1 is 1.14 bits per heavy atom. The highest BCUT2D eigenvalue weighted by Crippen LogP contribution is 2.38. The van der Waals surface area contributed by atoms with Gasteiger partial charge in [-0.05, 0) is 99.7 Å². The van der Waals surface area contributed by atoms with Gasteiger partial charge in [-0.15, -0.1) is 0 Å². The molecular formula is C24H34N6O4S. The molecule has 0 saturated carbocycles. The molecule has 0 bridgehead atoms. The lowest BCUT2D eigenvalue weighted by Crippen LogP contribution is -3.14. The van der Waals surface area contributed by atoms with Gasteiger partial charge in [-0.2, -0.15) is 18.0 Å². The number of likely N-dealkylation sites (tertiary alicyclic amines) is 1. The average Bonchev–Trinajstić information content (AvgIpc) is 3.58. The van der Waals surface area contributed by atoms with Gasteiger partial charge in [0.05, 0.1) is 17.6 Å². The van der Waals surface area contributed by atoms with Crippen LogP contribution >= 0.6 is 0 Å². The lowest BCUT2D eigenvalue weighted by Gasteiger charge is -2.34. The quantitative estimate of drug-likeness (QED) is 0.577. The summed E-state index contributed by atoms with van der Waals surface area (Å²) < 4.78 is 28.2. The van der Waals surface area contributed by atoms with Gasteiger partial charge in [-0.3, -0.25) is 10.00 Å². The number of carbonyl (C=O) groups excluding carboxylic acids is 1. The van der Waals surface area contributed by atoms with Crippen LogP contribution in [0.1, 0.15) is 47.9 Å². The summed E-state index contributed by atoms with van der Waals surface area (Å²) in [7, 11) is -0.858. The van der Waals surface area contributed by atoms with E-state index in [9.17, 15) is 18.4 Å². The second-order valence-corrected chi connectivity index (χ2v) is 11.9. The Bertz CT molecular complexity index is 1190. The number of rotatable bonds is 6. The van der Waals surface area contributed by atoms with Gasteiger partial charge in [0, 0.05) is 19.8 Å². The maximum atomic E-state index is 13.5. The van der Waals surface area contributed by atoms with Gasteiger partial charge in [0.15, 0.2) is 0 Å². The molecule has 1 aromatic carbocycles. The summed E-state index contributed by atoms with van der Waals surface area (Å²) in [6, 6.07) is 1.14. The van der Waals surface area contributed by atoms with Crippen molar-refractivity contribution in [2.45, 2.75) is 51.4 Å². The van der Waals surface area contributed by atoms with E-state index in [2.05, 4.69) is 21.4 Å². The Labute approximate surface area is 206 Å². The first kappa shape index (κ1) is 24.2. The molecule has 1 saturated heterocycles. The number of hydroxylamine groups is 1. The van der Waals surface area contributed by atoms with Crippen molar-refractivity contribution >= 4 is 27.6 Å². The number of hydrogen-bond acceptors (Lipinski definition) is 6. The summed E-state index contributed by atoms with van der Waals surface area (Å²) in [6.45, 7) is 1.88. The minimum atomic E-state index is -4.59. The van der Waals surface area contributed by atoms with E-state index in [4.69, 9.17) is 0 Å². The summed E-state index contributed by atoms with van der Waals surface area (Å²) in [5.41, 5.74) is 5.49. The average molecular weight is 503 g/mol. The number of urea groups is 1. The maximum Gasteiger partial charge on any atom is 0.436 e. The Hall–Kier alpha value is -2.47. The third-order valence-corrected chi connectivity index (χ3v) is 9.26. The van der Waals surface area contributed by atoms with E-state index in [0.29, 0.717) is 11.4 Å². The minimum absolute atomic E-state index is 0.0951. The molecule has 3 aliphatic rings. The molecule has 10 nitrogen and oxygen atoms in total. The molecule has 190 valence electrons. The van der Waals surface area contributed by atoms with Crippen LogP contribution in [0.4, 0.5) is 16.2 Å². The summed E-state index contributed by atoms with van der Waals surface area (Å²) >= 11 is 0. The normalized spacial score (nSPS) is 19.4. The molecule has 1 atom stereocenters. The van der Waals surface area contributed by atoms with Gasteiger partial charge in [0.25, 0.3) is 0 Å². The highest BCUT2D eigenvalue weighted by atomic mass is 32.2. The Morgan fingerprint density at radius 3 is 2.34 bits per heavy atom. The van der Waals surface area contributed by atoms with Crippen LogP contribution in [0.25, 0.3) is 0 Å². The molecule has 2 aromatic rings. The second-order valence-electron chi connectivity index (χ2n) is 10.1. The molecule has 11 heteroatoms. The highest BCUT2D eigenvalue weighted by molar-refractivity contribution is 7.86. The predicted octanol–water partition coefficient (Wildman–Crippen LogP) is 1.41. The van der Waals surface area contributed by atoms with Crippen molar-refractivity contribution in [3.05, 3.63) is 45.9 Å². The smallest absolute Gasteiger partial charge is 0.436 e. The molecule has 0 spiro atoms. The van der Waals surface area contributed by atoms with Crippen LogP contribution in [0.5, 0.6) is 0 Å². The molecule has 1 aliphatic heterocycles. The topological polar surface area (TPSA) is 115 Å². The second kappa shape index (κ2) is 9.53. The number of hydrogen-bond donors (Lipinski definition) is 2. The summed E-state index contributed by atoms with van der Waals surface area (Å²) in [5, 5.41) is 20.1. The first-order chi connectivity index (χ1) is 16.7. The SMILES string of the molecule is CN1CCC(CN(c2cnn(C)c2)S(=O)(=O)[NH+]([O-])C(=O)Nc2c3c(cc4c2CCC4)CCC3)CC1. The zero-order valence-corrected chi connectivity index (χ0v) is 21.2. The number of carbonyl (C=O) groups is 1. The standard InChI is InChI=1S/C24H34N6O4S/c1-27-11-9-17(10-12-27)15-29(20-14-25-28(2)16-20)35(33,34)30(32)24(31)26-23-21-7-3-5-18(21)13-19-6-4-8-22(19)23/h13-14,16-17,30H,3-12,15H2,1-2H3,(H,26,31). The Kier molecular flexibility index (Phi) is 6.60. The van der Waals surface area contributed by atoms with Crippen molar-refractivity contribution in [2.75, 3.05) is 36.3 Å². The van der Waals surface area contributed by atoms with Crippen LogP contribution in [0.2, 0.25) is 0 Å². The molecule has 35 heavy (non-hydrogen) atoms. The fourth-order valence-corrected chi connectivity index (χ4v) is 6.97. The molecular weight excluding hydrogens is 468 g/mol. The summed E-state index contributed by atoms with van der Waals surface area (Å²) in [5.74, 6) is 0.0951. The largest absolute Gasteiger partial charge is 0.608 e. The van der Waals surface area contributed by atoms with E-state index in [1.54, 1.807) is 13.2 Å². The summed E-state index contributed by atoms with van der Waals surface area (Å²) in [6.07, 6.45) is 10.2. The number of benzene rings is 1. The van der Waals surface area contributed by atoms with Crippen LogP contribution in [-0.2, 0) is 42.9 Å². The number of nitrogens with one attached hydrogen (secondary N) is 2. The van der Waals surface area contributed by atoms with Gasteiger partial charge in [0.2, 0.25) is 0 Å². The summed E-state index contributed by atoms with van der Waals surface area (Å²) in [4.78, 5) is 15.3. The number of aryl methyl sites for hydroxylation is 3. The van der Waals surface area contributed by atoms with Gasteiger partial charge in [0.1, 0.15) is 0 Å². The van der Waals surface area contributed by atoms with Gasteiger partial charge in [-0.1, -0.05) is 6.07 Å². The van der Waals surface area contributed by atoms with Crippen LogP contribution in [0, 0.1) is 11.1 Å². The van der Waals surface area contributed by atoms with E-state index < -0.39 is 20.7 Å². The first-order valence-corrected chi connectivity index (χ1v) is 13.9. The molecule has 2 N–H and O–H groups in total. The monoisotopic (exact) mass is 502 g/mol. The molecule has 2 aliphatic carbocycles. The van der Waals surface area contributed by atoms with Crippen LogP contribution in [0.15, 0.2) is 18.5 Å². The molecule has 1 aromatic heterocycles. The van der Waals surface area contributed by atoms with E-state index in [1.165, 1.54) is 22.0 Å². The molecule has 5 rings (SSSR count). The number of quaternary nitrogens is 1. The third-order valence-electron chi connectivity index (χ3n) is 7.66. The number of nitrogens with zero attached hydrogens (tertiary/aromatic N) is 4. The van der Waals surface area contributed by atoms with E-state index >= 15 is 0 Å². The van der Waals surface area contributed by atoms with E-state index in [-0.39, 0.29) is 12.5 Å². The molecule has 1 unspecified atom stereocenters. The van der Waals surface area contributed by atoms with Crippen molar-refractivity contribution in [3.63, 3.8) is 0 Å². The van der Waals surface area contributed by atoms with Crippen molar-refractivity contribution < 1.29 is 17.7 Å². The Morgan fingerprint density at radius 2 is 1.77 bits per heavy atom. The van der Waals surface area contributed by atoms with Gasteiger partial charge in [-0.25, -0.2) is 9.10 Å². The fourth-order valence-electron chi connectivity index (χ4n) is 5.71. The number of aromatic nitrogens is 2. The zero-order valence-electron chi connectivity index (χ0n) is 20.4. The minimum Gasteiger partial charge on any atom is -0.608 e. The third kappa shape index (κ3) is 4.69. The fraction of sp³-hybridized carbons (Fsp3) is 0.583. The van der Waals surface area contributed by atoms with Crippen molar-refractivity contribution in [3.8, 4) is 0 Å². The maximum absolute atomic E-state index is 13.5. The van der Waals surface area contributed by atoms with Gasteiger partial charge < -0.3 is 10.1 Å². The zero-order chi connectivity index (χ0) is 24.7. The van der Waals surface area contributed by atoms with E-state index in [0.717, 1.165) is 79.9 Å². The number of fused-ring (bicyclic) bond motifs is 2. The van der Waals surface area contributed by atoms with Crippen molar-refractivity contribution in [1.82, 2.24) is 14.7 Å². The number of piperidine rings is 1. The molecule has 0 radical (unpaired) electrons. The van der Waals surface area contributed by atoms with Crippen molar-refractivity contribution in [1.29, 1.82) is 0 Å². The van der Waals surface area contributed by atoms with Crippen LogP contribution in [-0.4, -0.2) is 55.8 Å². The van der Waals surface area contributed by atoms with E-state index in [1.807, 2.05) is 7.05 Å². The number of amides is 2.